The molecule has 16 heteroatoms. The maximum Gasteiger partial charge on any atom is 0.315 e. The number of hydrogen-bond donors (Lipinski definition) is 7. The molecule has 2 aliphatic heterocycles. The van der Waals surface area contributed by atoms with Crippen LogP contribution in [0, 0.1) is 11.8 Å². The van der Waals surface area contributed by atoms with Crippen LogP contribution in [0.2, 0.25) is 0 Å². The smallest absolute Gasteiger partial charge is 0.315 e. The summed E-state index contributed by atoms with van der Waals surface area (Å²) in [5.74, 6) is 0.295. The third-order valence-electron chi connectivity index (χ3n) is 8.73. The summed E-state index contributed by atoms with van der Waals surface area (Å²) in [6.07, 6.45) is 7.92. The van der Waals surface area contributed by atoms with E-state index in [-0.39, 0.29) is 54.8 Å². The van der Waals surface area contributed by atoms with Crippen molar-refractivity contribution >= 4 is 41.2 Å². The van der Waals surface area contributed by atoms with Gasteiger partial charge >= 0.3 is 6.03 Å². The van der Waals surface area contributed by atoms with Gasteiger partial charge in [-0.05, 0) is 55.5 Å². The first-order chi connectivity index (χ1) is 23.7. The quantitative estimate of drug-likeness (QED) is 0.0207. The van der Waals surface area contributed by atoms with Crippen LogP contribution in [0.3, 0.4) is 0 Å². The molecule has 272 valence electrons. The van der Waals surface area contributed by atoms with Gasteiger partial charge in [0, 0.05) is 53.5 Å². The molecule has 0 bridgehead atoms. The Labute approximate surface area is 292 Å². The lowest BCUT2D eigenvalue weighted by molar-refractivity contribution is -0.139. The summed E-state index contributed by atoms with van der Waals surface area (Å²) in [6.45, 7) is 5.23. The van der Waals surface area contributed by atoms with Crippen LogP contribution >= 0.6 is 11.8 Å². The van der Waals surface area contributed by atoms with Gasteiger partial charge in [0.1, 0.15) is 6.04 Å². The molecule has 2 heterocycles. The second-order valence-corrected chi connectivity index (χ2v) is 14.4. The third kappa shape index (κ3) is 14.8. The molecule has 0 radical (unpaired) electrons. The monoisotopic (exact) mass is 703 g/mol. The Morgan fingerprint density at radius 1 is 1.04 bits per heavy atom. The second kappa shape index (κ2) is 22.2. The lowest BCUT2D eigenvalue weighted by Gasteiger charge is -2.23. The van der Waals surface area contributed by atoms with Crippen molar-refractivity contribution in [1.82, 2.24) is 32.2 Å². The van der Waals surface area contributed by atoms with E-state index in [2.05, 4.69) is 36.6 Å². The molecule has 3 unspecified atom stereocenters. The summed E-state index contributed by atoms with van der Waals surface area (Å²) in [5, 5.41) is 27.6. The highest BCUT2D eigenvalue weighted by Gasteiger charge is 2.42. The van der Waals surface area contributed by atoms with E-state index in [0.29, 0.717) is 43.3 Å². The molecule has 15 nitrogen and oxygen atoms in total. The van der Waals surface area contributed by atoms with Gasteiger partial charge in [-0.3, -0.25) is 24.4 Å². The van der Waals surface area contributed by atoms with Crippen LogP contribution in [0.4, 0.5) is 10.5 Å². The fraction of sp³-hybridized carbons (Fsp3) is 0.697. The van der Waals surface area contributed by atoms with Gasteiger partial charge in [-0.15, -0.1) is 0 Å². The summed E-state index contributed by atoms with van der Waals surface area (Å²) in [7, 11) is 0. The van der Waals surface area contributed by atoms with Crippen LogP contribution in [0.5, 0.6) is 0 Å². The number of unbranched alkanes of at least 4 members (excludes halogenated alkanes) is 4. The van der Waals surface area contributed by atoms with Crippen LogP contribution < -0.4 is 32.2 Å². The Bertz CT molecular complexity index is 1250. The maximum absolute atomic E-state index is 13.3. The number of nitrogens with zero attached hydrogens (tertiary/aromatic N) is 3. The number of benzene rings is 1. The van der Waals surface area contributed by atoms with Crippen molar-refractivity contribution in [1.29, 1.82) is 0 Å². The number of azide groups is 1. The zero-order valence-electron chi connectivity index (χ0n) is 28.6. The number of urea groups is 1. The lowest BCUT2D eigenvalue weighted by atomic mass is 9.93. The van der Waals surface area contributed by atoms with Gasteiger partial charge in [0.15, 0.2) is 0 Å². The number of rotatable bonds is 24. The number of carbonyl (C=O) groups excluding carboxylic acids is 4. The molecule has 7 N–H and O–H groups in total. The van der Waals surface area contributed by atoms with Crippen LogP contribution in [0.1, 0.15) is 83.6 Å². The molecule has 0 aliphatic carbocycles. The van der Waals surface area contributed by atoms with E-state index >= 15 is 0 Å². The topological polar surface area (TPSA) is 219 Å². The average molecular weight is 704 g/mol. The Kier molecular flexibility index (Phi) is 18.1. The van der Waals surface area contributed by atoms with E-state index in [4.69, 9.17) is 15.6 Å². The summed E-state index contributed by atoms with van der Waals surface area (Å²) < 4.78 is 0. The third-order valence-corrected chi connectivity index (χ3v) is 10.2. The highest BCUT2D eigenvalue weighted by Crippen LogP contribution is 2.33. The van der Waals surface area contributed by atoms with E-state index in [1.54, 1.807) is 29.9 Å². The van der Waals surface area contributed by atoms with Gasteiger partial charge in [0.05, 0.1) is 18.7 Å². The van der Waals surface area contributed by atoms with E-state index in [1.165, 1.54) is 0 Å². The summed E-state index contributed by atoms with van der Waals surface area (Å²) in [5.41, 5.74) is 11.6. The molecule has 49 heavy (non-hydrogen) atoms. The maximum atomic E-state index is 13.3. The van der Waals surface area contributed by atoms with Gasteiger partial charge in [-0.25, -0.2) is 4.79 Å². The molecule has 5 amide bonds. The highest BCUT2D eigenvalue weighted by molar-refractivity contribution is 8.00. The lowest BCUT2D eigenvalue weighted by Crippen LogP contribution is -2.50. The van der Waals surface area contributed by atoms with Crippen molar-refractivity contribution in [3.05, 3.63) is 40.3 Å². The highest BCUT2D eigenvalue weighted by atomic mass is 32.2. The standard InChI is InChI=1S/C33H53N9O6S/c1-22(2)19-24(15-18-48-42-47)31(44)37-26(20-23-11-13-25(14-12-23)40-41-34)32(45)36-17-8-4-3-7-16-35-29(43)10-6-5-9-28-30-27(21-49-28)38-33(46)39-30/h11-14,22,24,26-28,30,42,47H,3-10,15-21H2,1-2H3,(H,35,43)(H,36,45)(H,37,44)(H2,38,39,46)/t24-,26-,27?,28?,30?/m0/s1. The van der Waals surface area contributed by atoms with Gasteiger partial charge in [0.2, 0.25) is 17.7 Å². The van der Waals surface area contributed by atoms with Gasteiger partial charge in [-0.2, -0.15) is 11.8 Å². The number of nitrogens with one attached hydrogen (secondary N) is 6. The molecule has 2 saturated heterocycles. The zero-order valence-corrected chi connectivity index (χ0v) is 29.4. The molecular formula is C33H53N9O6S. The van der Waals surface area contributed by atoms with Crippen LogP contribution in [-0.2, 0) is 25.6 Å². The first kappa shape index (κ1) is 39.9. The van der Waals surface area contributed by atoms with E-state index < -0.39 is 12.0 Å². The molecular weight excluding hydrogens is 650 g/mol. The Morgan fingerprint density at radius 2 is 1.78 bits per heavy atom. The Hall–Kier alpha value is -3.56. The summed E-state index contributed by atoms with van der Waals surface area (Å²) >= 11 is 1.89. The van der Waals surface area contributed by atoms with Crippen molar-refractivity contribution in [3.63, 3.8) is 0 Å². The molecule has 0 spiro atoms. The number of amides is 5. The largest absolute Gasteiger partial charge is 0.356 e. The van der Waals surface area contributed by atoms with E-state index in [1.807, 2.05) is 25.6 Å². The molecule has 0 aromatic heterocycles. The molecule has 1 aromatic rings. The normalized spacial score (nSPS) is 19.3. The zero-order chi connectivity index (χ0) is 35.4. The Morgan fingerprint density at radius 3 is 2.47 bits per heavy atom. The van der Waals surface area contributed by atoms with Crippen LogP contribution in [0.15, 0.2) is 29.4 Å². The molecule has 1 aromatic carbocycles. The minimum atomic E-state index is -0.811. The van der Waals surface area contributed by atoms with Crippen molar-refractivity contribution in [2.45, 2.75) is 108 Å². The van der Waals surface area contributed by atoms with Gasteiger partial charge in [-0.1, -0.05) is 68.1 Å². The summed E-state index contributed by atoms with van der Waals surface area (Å²) in [6, 6.07) is 6.40. The van der Waals surface area contributed by atoms with Gasteiger partial charge in [0.25, 0.3) is 0 Å². The fourth-order valence-corrected chi connectivity index (χ4v) is 7.73. The number of thioether (sulfide) groups is 1. The van der Waals surface area contributed by atoms with Crippen molar-refractivity contribution in [3.8, 4) is 0 Å². The minimum absolute atomic E-state index is 0.0637. The molecule has 5 atom stereocenters. The number of fused-ring (bicyclic) bond motifs is 1. The molecule has 2 aliphatic rings. The summed E-state index contributed by atoms with van der Waals surface area (Å²) in [4.78, 5) is 58.0. The van der Waals surface area contributed by atoms with Gasteiger partial charge < -0.3 is 26.6 Å². The number of hydrogen-bond acceptors (Lipinski definition) is 9. The van der Waals surface area contributed by atoms with Crippen LogP contribution in [-0.4, -0.2) is 77.8 Å². The van der Waals surface area contributed by atoms with E-state index in [0.717, 1.165) is 56.3 Å². The first-order valence-corrected chi connectivity index (χ1v) is 18.4. The first-order valence-electron chi connectivity index (χ1n) is 17.4. The second-order valence-electron chi connectivity index (χ2n) is 13.1. The predicted molar refractivity (Wildman–Crippen MR) is 188 cm³/mol. The Balaban J connectivity index is 1.34. The van der Waals surface area contributed by atoms with Crippen molar-refractivity contribution in [2.75, 3.05) is 25.4 Å². The number of carbonyl (C=O) groups is 4. The molecule has 2 fully saturated rings. The van der Waals surface area contributed by atoms with Crippen molar-refractivity contribution < 1.29 is 29.2 Å². The average Bonchev–Trinajstić information content (AvgIpc) is 3.63. The fourth-order valence-electron chi connectivity index (χ4n) is 6.19. The van der Waals surface area contributed by atoms with Crippen LogP contribution in [0.25, 0.3) is 10.4 Å². The van der Waals surface area contributed by atoms with E-state index in [9.17, 15) is 19.2 Å². The molecule has 3 rings (SSSR count). The minimum Gasteiger partial charge on any atom is -0.356 e. The SMILES string of the molecule is CC(C)C[C@H](CCONO)C(=O)N[C@@H](Cc1ccc(N=[N+]=[N-])cc1)C(=O)NCCCCCCNC(=O)CCCCC1SCC2NC(=O)NC21. The molecule has 0 saturated carbocycles. The predicted octanol–water partition coefficient (Wildman–Crippen LogP) is 4.14. The van der Waals surface area contributed by atoms with Crippen molar-refractivity contribution in [2.24, 2.45) is 17.0 Å².